The molecule has 2 rings (SSSR count). The molecule has 1 aromatic rings. The lowest BCUT2D eigenvalue weighted by Gasteiger charge is -2.43. The van der Waals surface area contributed by atoms with Crippen molar-refractivity contribution in [3.8, 4) is 0 Å². The molecule has 0 heterocycles. The number of methoxy groups -OCH3 is 1. The van der Waals surface area contributed by atoms with Gasteiger partial charge in [-0.3, -0.25) is 4.79 Å². The molecule has 1 N–H and O–H groups in total. The maximum Gasteiger partial charge on any atom is 0.316 e. The van der Waals surface area contributed by atoms with Gasteiger partial charge in [0.05, 0.1) is 13.2 Å². The van der Waals surface area contributed by atoms with Crippen molar-refractivity contribution >= 4 is 5.97 Å². The molecule has 0 unspecified atom stereocenters. The van der Waals surface area contributed by atoms with Crippen LogP contribution >= 0.6 is 0 Å². The molecule has 0 atom stereocenters. The van der Waals surface area contributed by atoms with Gasteiger partial charge in [0.25, 0.3) is 0 Å². The van der Waals surface area contributed by atoms with Crippen LogP contribution in [0.15, 0.2) is 18.2 Å². The van der Waals surface area contributed by atoms with E-state index in [0.29, 0.717) is 0 Å². The summed E-state index contributed by atoms with van der Waals surface area (Å²) in [7, 11) is 1.19. The van der Waals surface area contributed by atoms with Gasteiger partial charge in [-0.2, -0.15) is 0 Å². The van der Waals surface area contributed by atoms with E-state index in [4.69, 9.17) is 0 Å². The van der Waals surface area contributed by atoms with Gasteiger partial charge in [-0.1, -0.05) is 12.1 Å². The van der Waals surface area contributed by atoms with Gasteiger partial charge >= 0.3 is 5.97 Å². The minimum absolute atomic E-state index is 0.0466. The highest BCUT2D eigenvalue weighted by molar-refractivity contribution is 5.84. The van der Waals surface area contributed by atoms with Crippen LogP contribution in [-0.2, 0) is 14.9 Å². The summed E-state index contributed by atoms with van der Waals surface area (Å²) in [4.78, 5) is 11.7. The summed E-state index contributed by atoms with van der Waals surface area (Å²) in [5.74, 6) is -2.70. The van der Waals surface area contributed by atoms with Crippen LogP contribution in [0, 0.1) is 11.6 Å². The zero-order valence-corrected chi connectivity index (χ0v) is 9.24. The molecule has 17 heavy (non-hydrogen) atoms. The predicted molar refractivity (Wildman–Crippen MR) is 55.3 cm³/mol. The number of aliphatic hydroxyl groups is 1. The van der Waals surface area contributed by atoms with Crippen molar-refractivity contribution in [2.24, 2.45) is 0 Å². The number of carbonyl (C=O) groups is 1. The Morgan fingerprint density at radius 1 is 1.47 bits per heavy atom. The lowest BCUT2D eigenvalue weighted by Crippen LogP contribution is -2.51. The fraction of sp³-hybridized carbons (Fsp3) is 0.417. The van der Waals surface area contributed by atoms with Crippen molar-refractivity contribution in [3.05, 3.63) is 35.4 Å². The van der Waals surface area contributed by atoms with Gasteiger partial charge in [0.15, 0.2) is 11.6 Å². The van der Waals surface area contributed by atoms with E-state index >= 15 is 0 Å². The first-order valence-electron chi connectivity index (χ1n) is 5.22. The average molecular weight is 242 g/mol. The third-order valence-electron chi connectivity index (χ3n) is 3.21. The molecule has 1 saturated carbocycles. The number of rotatable bonds is 2. The fourth-order valence-corrected chi connectivity index (χ4v) is 2.31. The van der Waals surface area contributed by atoms with Crippen molar-refractivity contribution in [2.75, 3.05) is 7.11 Å². The summed E-state index contributed by atoms with van der Waals surface area (Å²) in [6.45, 7) is 0. The number of halogens is 2. The summed E-state index contributed by atoms with van der Waals surface area (Å²) in [6.07, 6.45) is -0.572. The van der Waals surface area contributed by atoms with E-state index in [-0.39, 0.29) is 18.4 Å². The molecular formula is C12H12F2O3. The van der Waals surface area contributed by atoms with Crippen molar-refractivity contribution in [3.63, 3.8) is 0 Å². The van der Waals surface area contributed by atoms with Crippen LogP contribution in [0.5, 0.6) is 0 Å². The molecular weight excluding hydrogens is 230 g/mol. The monoisotopic (exact) mass is 242 g/mol. The van der Waals surface area contributed by atoms with Crippen LogP contribution in [0.25, 0.3) is 0 Å². The Kier molecular flexibility index (Phi) is 2.87. The second-order valence-corrected chi connectivity index (χ2v) is 4.24. The van der Waals surface area contributed by atoms with Gasteiger partial charge in [-0.05, 0) is 18.9 Å². The molecule has 1 aliphatic carbocycles. The Hall–Kier alpha value is -1.49. The van der Waals surface area contributed by atoms with Crippen LogP contribution in [0.4, 0.5) is 8.78 Å². The van der Waals surface area contributed by atoms with E-state index in [1.54, 1.807) is 0 Å². The first kappa shape index (κ1) is 12.0. The number of hydrogen-bond donors (Lipinski definition) is 1. The van der Waals surface area contributed by atoms with Crippen LogP contribution in [0.2, 0.25) is 0 Å². The molecule has 1 aromatic carbocycles. The third kappa shape index (κ3) is 1.70. The number of benzene rings is 1. The molecule has 0 saturated heterocycles. The zero-order valence-electron chi connectivity index (χ0n) is 9.24. The molecule has 0 bridgehead atoms. The van der Waals surface area contributed by atoms with E-state index in [0.717, 1.165) is 6.07 Å². The predicted octanol–water partition coefficient (Wildman–Crippen LogP) is 1.53. The number of carbonyl (C=O) groups excluding carboxylic acids is 1. The van der Waals surface area contributed by atoms with Crippen LogP contribution in [0.3, 0.4) is 0 Å². The van der Waals surface area contributed by atoms with E-state index in [1.165, 1.54) is 19.2 Å². The average Bonchev–Trinajstić information content (AvgIpc) is 2.27. The fourth-order valence-electron chi connectivity index (χ4n) is 2.31. The second-order valence-electron chi connectivity index (χ2n) is 4.24. The van der Waals surface area contributed by atoms with E-state index in [9.17, 15) is 18.7 Å². The molecule has 92 valence electrons. The van der Waals surface area contributed by atoms with Crippen LogP contribution in [-0.4, -0.2) is 24.3 Å². The van der Waals surface area contributed by atoms with Gasteiger partial charge in [0.1, 0.15) is 5.41 Å². The minimum atomic E-state index is -1.25. The zero-order chi connectivity index (χ0) is 12.6. The van der Waals surface area contributed by atoms with Crippen molar-refractivity contribution in [2.45, 2.75) is 24.4 Å². The first-order valence-corrected chi connectivity index (χ1v) is 5.22. The number of aliphatic hydroxyl groups excluding tert-OH is 1. The minimum Gasteiger partial charge on any atom is -0.468 e. The van der Waals surface area contributed by atoms with Crippen molar-refractivity contribution in [1.29, 1.82) is 0 Å². The summed E-state index contributed by atoms with van der Waals surface area (Å²) in [5.41, 5.74) is -1.30. The quantitative estimate of drug-likeness (QED) is 0.800. The molecule has 5 heteroatoms. The highest BCUT2D eigenvalue weighted by Gasteiger charge is 2.53. The second kappa shape index (κ2) is 4.07. The van der Waals surface area contributed by atoms with E-state index in [2.05, 4.69) is 4.74 Å². The lowest BCUT2D eigenvalue weighted by molar-refractivity contribution is -0.157. The number of ether oxygens (including phenoxy) is 1. The van der Waals surface area contributed by atoms with E-state index < -0.39 is 29.1 Å². The van der Waals surface area contributed by atoms with Gasteiger partial charge in [-0.25, -0.2) is 8.78 Å². The molecule has 3 nitrogen and oxygen atoms in total. The Bertz CT molecular complexity index is 453. The maximum absolute atomic E-state index is 13.7. The Morgan fingerprint density at radius 3 is 2.65 bits per heavy atom. The molecule has 0 aliphatic heterocycles. The third-order valence-corrected chi connectivity index (χ3v) is 3.21. The Morgan fingerprint density at radius 2 is 2.12 bits per heavy atom. The van der Waals surface area contributed by atoms with Crippen LogP contribution < -0.4 is 0 Å². The smallest absolute Gasteiger partial charge is 0.316 e. The van der Waals surface area contributed by atoms with Gasteiger partial charge in [-0.15, -0.1) is 0 Å². The molecule has 0 radical (unpaired) electrons. The highest BCUT2D eigenvalue weighted by atomic mass is 19.2. The van der Waals surface area contributed by atoms with Crippen molar-refractivity contribution in [1.82, 2.24) is 0 Å². The first-order chi connectivity index (χ1) is 8.01. The molecule has 0 spiro atoms. The molecule has 1 fully saturated rings. The molecule has 0 amide bonds. The van der Waals surface area contributed by atoms with E-state index in [1.807, 2.05) is 0 Å². The SMILES string of the molecule is COC(=O)C1(c2cccc(F)c2F)CC(O)C1. The summed E-state index contributed by atoms with van der Waals surface area (Å²) in [5, 5.41) is 9.33. The maximum atomic E-state index is 13.7. The van der Waals surface area contributed by atoms with Crippen molar-refractivity contribution < 1.29 is 23.4 Å². The molecule has 0 aromatic heterocycles. The van der Waals surface area contributed by atoms with Gasteiger partial charge in [0, 0.05) is 5.56 Å². The van der Waals surface area contributed by atoms with Crippen LogP contribution in [0.1, 0.15) is 18.4 Å². The highest BCUT2D eigenvalue weighted by Crippen LogP contribution is 2.46. The number of esters is 1. The lowest BCUT2D eigenvalue weighted by atomic mass is 9.62. The molecule has 1 aliphatic rings. The summed E-state index contributed by atoms with van der Waals surface area (Å²) in [6, 6.07) is 3.67. The van der Waals surface area contributed by atoms with Gasteiger partial charge < -0.3 is 9.84 Å². The Labute approximate surface area is 97.0 Å². The normalized spacial score (nSPS) is 27.4. The summed E-state index contributed by atoms with van der Waals surface area (Å²) >= 11 is 0. The summed E-state index contributed by atoms with van der Waals surface area (Å²) < 4.78 is 31.4. The Balaban J connectivity index is 2.48. The topological polar surface area (TPSA) is 46.5 Å². The largest absolute Gasteiger partial charge is 0.468 e. The standard InChI is InChI=1S/C12H12F2O3/c1-17-11(16)12(5-7(15)6-12)8-3-2-4-9(13)10(8)14/h2-4,7,15H,5-6H2,1H3. The number of hydrogen-bond acceptors (Lipinski definition) is 3. The van der Waals surface area contributed by atoms with Gasteiger partial charge in [0.2, 0.25) is 0 Å².